The van der Waals surface area contributed by atoms with Crippen LogP contribution in [0, 0.1) is 11.3 Å². The monoisotopic (exact) mass is 260 g/mol. The summed E-state index contributed by atoms with van der Waals surface area (Å²) in [5.41, 5.74) is 2.45. The molecule has 0 aliphatic rings. The van der Waals surface area contributed by atoms with Crippen LogP contribution in [0.4, 0.5) is 0 Å². The molecule has 0 radical (unpaired) electrons. The van der Waals surface area contributed by atoms with Crippen molar-refractivity contribution in [3.63, 3.8) is 0 Å². The third kappa shape index (κ3) is 3.97. The number of ether oxygens (including phenoxy) is 1. The van der Waals surface area contributed by atoms with Crippen LogP contribution in [0.3, 0.4) is 0 Å². The van der Waals surface area contributed by atoms with Gasteiger partial charge in [-0.2, -0.15) is 5.26 Å². The van der Waals surface area contributed by atoms with Gasteiger partial charge in [-0.1, -0.05) is 32.9 Å². The van der Waals surface area contributed by atoms with Gasteiger partial charge >= 0.3 is 0 Å². The second kappa shape index (κ2) is 6.08. The Balaban J connectivity index is 3.03. The van der Waals surface area contributed by atoms with Crippen molar-refractivity contribution in [1.29, 1.82) is 5.26 Å². The van der Waals surface area contributed by atoms with Gasteiger partial charge in [0.25, 0.3) is 0 Å². The molecule has 3 heteroatoms. The Labute approximate surface area is 116 Å². The molecule has 0 heterocycles. The van der Waals surface area contributed by atoms with Gasteiger partial charge in [0.1, 0.15) is 5.75 Å². The molecule has 0 aliphatic carbocycles. The second-order valence-electron chi connectivity index (χ2n) is 6.00. The van der Waals surface area contributed by atoms with Gasteiger partial charge in [-0.25, -0.2) is 0 Å². The summed E-state index contributed by atoms with van der Waals surface area (Å²) in [4.78, 5) is 2.04. The Morgan fingerprint density at radius 1 is 1.37 bits per heavy atom. The van der Waals surface area contributed by atoms with E-state index < -0.39 is 0 Å². The average molecular weight is 260 g/mol. The van der Waals surface area contributed by atoms with Crippen molar-refractivity contribution in [3.8, 4) is 11.8 Å². The normalized spacial score (nSPS) is 13.2. The molecule has 104 valence electrons. The van der Waals surface area contributed by atoms with Gasteiger partial charge < -0.3 is 4.74 Å². The molecule has 0 spiro atoms. The largest absolute Gasteiger partial charge is 0.496 e. The van der Waals surface area contributed by atoms with Crippen LogP contribution < -0.4 is 4.74 Å². The van der Waals surface area contributed by atoms with Gasteiger partial charge in [0.15, 0.2) is 0 Å². The van der Waals surface area contributed by atoms with E-state index in [9.17, 15) is 0 Å². The summed E-state index contributed by atoms with van der Waals surface area (Å²) in [6.07, 6.45) is 0. The Morgan fingerprint density at radius 3 is 2.47 bits per heavy atom. The molecule has 0 saturated heterocycles. The van der Waals surface area contributed by atoms with E-state index >= 15 is 0 Å². The zero-order valence-corrected chi connectivity index (χ0v) is 12.8. The highest BCUT2D eigenvalue weighted by Gasteiger charge is 2.19. The standard InChI is InChI=1S/C16H24N2O/c1-12(10-17)18(5)11-13-7-8-15(19-6)14(9-13)16(2,3)4/h7-9,12H,11H2,1-6H3. The number of benzene rings is 1. The third-order valence-electron chi connectivity index (χ3n) is 3.35. The molecule has 1 rings (SSSR count). The van der Waals surface area contributed by atoms with E-state index in [2.05, 4.69) is 39.0 Å². The molecular weight excluding hydrogens is 236 g/mol. The minimum atomic E-state index is -0.0832. The lowest BCUT2D eigenvalue weighted by Gasteiger charge is -2.24. The molecular formula is C16H24N2O. The number of nitriles is 1. The minimum Gasteiger partial charge on any atom is -0.496 e. The molecule has 0 aliphatic heterocycles. The highest BCUT2D eigenvalue weighted by atomic mass is 16.5. The quantitative estimate of drug-likeness (QED) is 0.833. The first-order valence-corrected chi connectivity index (χ1v) is 6.57. The fourth-order valence-electron chi connectivity index (χ4n) is 1.96. The zero-order chi connectivity index (χ0) is 14.6. The molecule has 0 fully saturated rings. The van der Waals surface area contributed by atoms with Crippen LogP contribution in [0.2, 0.25) is 0 Å². The van der Waals surface area contributed by atoms with E-state index in [0.717, 1.165) is 12.3 Å². The Bertz CT molecular complexity index is 469. The van der Waals surface area contributed by atoms with Crippen molar-refractivity contribution in [3.05, 3.63) is 29.3 Å². The van der Waals surface area contributed by atoms with Gasteiger partial charge in [-0.05, 0) is 36.6 Å². The number of rotatable bonds is 4. The maximum absolute atomic E-state index is 8.94. The van der Waals surface area contributed by atoms with Crippen LogP contribution >= 0.6 is 0 Å². The van der Waals surface area contributed by atoms with Gasteiger partial charge in [0, 0.05) is 6.54 Å². The molecule has 0 bridgehead atoms. The van der Waals surface area contributed by atoms with Crippen molar-refractivity contribution < 1.29 is 4.74 Å². The summed E-state index contributed by atoms with van der Waals surface area (Å²) >= 11 is 0. The lowest BCUT2D eigenvalue weighted by Crippen LogP contribution is -2.27. The summed E-state index contributed by atoms with van der Waals surface area (Å²) in [6, 6.07) is 8.43. The molecule has 3 nitrogen and oxygen atoms in total. The van der Waals surface area contributed by atoms with Crippen LogP contribution in [-0.4, -0.2) is 25.1 Å². The second-order valence-corrected chi connectivity index (χ2v) is 6.00. The SMILES string of the molecule is COc1ccc(CN(C)C(C)C#N)cc1C(C)(C)C. The van der Waals surface area contributed by atoms with E-state index in [1.54, 1.807) is 7.11 Å². The maximum atomic E-state index is 8.94. The summed E-state index contributed by atoms with van der Waals surface area (Å²) in [6.45, 7) is 9.21. The van der Waals surface area contributed by atoms with Crippen LogP contribution in [0.15, 0.2) is 18.2 Å². The van der Waals surface area contributed by atoms with Crippen LogP contribution in [-0.2, 0) is 12.0 Å². The summed E-state index contributed by atoms with van der Waals surface area (Å²) in [7, 11) is 3.67. The average Bonchev–Trinajstić information content (AvgIpc) is 2.36. The van der Waals surface area contributed by atoms with Crippen LogP contribution in [0.5, 0.6) is 5.75 Å². The van der Waals surface area contributed by atoms with Crippen molar-refractivity contribution >= 4 is 0 Å². The van der Waals surface area contributed by atoms with E-state index in [0.29, 0.717) is 0 Å². The molecule has 1 aromatic rings. The predicted molar refractivity (Wildman–Crippen MR) is 78.2 cm³/mol. The highest BCUT2D eigenvalue weighted by molar-refractivity contribution is 5.41. The zero-order valence-electron chi connectivity index (χ0n) is 12.8. The maximum Gasteiger partial charge on any atom is 0.122 e. The van der Waals surface area contributed by atoms with E-state index in [1.165, 1.54) is 11.1 Å². The lowest BCUT2D eigenvalue weighted by molar-refractivity contribution is 0.294. The van der Waals surface area contributed by atoms with Gasteiger partial charge in [0.2, 0.25) is 0 Å². The Hall–Kier alpha value is -1.53. The first kappa shape index (κ1) is 15.5. The molecule has 0 saturated carbocycles. The summed E-state index contributed by atoms with van der Waals surface area (Å²) < 4.78 is 5.43. The van der Waals surface area contributed by atoms with Gasteiger partial charge in [0.05, 0.1) is 19.2 Å². The molecule has 1 atom stereocenters. The number of hydrogen-bond donors (Lipinski definition) is 0. The first-order valence-electron chi connectivity index (χ1n) is 6.57. The van der Waals surface area contributed by atoms with Gasteiger partial charge in [-0.3, -0.25) is 4.90 Å². The number of hydrogen-bond acceptors (Lipinski definition) is 3. The summed E-state index contributed by atoms with van der Waals surface area (Å²) in [5.74, 6) is 0.923. The Kier molecular flexibility index (Phi) is 4.97. The topological polar surface area (TPSA) is 36.3 Å². The molecule has 1 aromatic carbocycles. The third-order valence-corrected chi connectivity index (χ3v) is 3.35. The van der Waals surface area contributed by atoms with Crippen LogP contribution in [0.25, 0.3) is 0 Å². The molecule has 0 amide bonds. The first-order chi connectivity index (χ1) is 8.79. The number of nitrogens with zero attached hydrogens (tertiary/aromatic N) is 2. The van der Waals surface area contributed by atoms with E-state index in [4.69, 9.17) is 10.00 Å². The van der Waals surface area contributed by atoms with Crippen molar-refractivity contribution in [2.45, 2.75) is 45.7 Å². The van der Waals surface area contributed by atoms with E-state index in [-0.39, 0.29) is 11.5 Å². The number of methoxy groups -OCH3 is 1. The van der Waals surface area contributed by atoms with Crippen molar-refractivity contribution in [2.24, 2.45) is 0 Å². The predicted octanol–water partition coefficient (Wildman–Crippen LogP) is 3.34. The van der Waals surface area contributed by atoms with Crippen molar-refractivity contribution in [2.75, 3.05) is 14.2 Å². The molecule has 19 heavy (non-hydrogen) atoms. The lowest BCUT2D eigenvalue weighted by atomic mass is 9.85. The van der Waals surface area contributed by atoms with E-state index in [1.807, 2.05) is 24.9 Å². The molecule has 1 unspecified atom stereocenters. The fourth-order valence-corrected chi connectivity index (χ4v) is 1.96. The van der Waals surface area contributed by atoms with Crippen LogP contribution in [0.1, 0.15) is 38.8 Å². The smallest absolute Gasteiger partial charge is 0.122 e. The fraction of sp³-hybridized carbons (Fsp3) is 0.562. The highest BCUT2D eigenvalue weighted by Crippen LogP contribution is 2.32. The molecule has 0 aromatic heterocycles. The summed E-state index contributed by atoms with van der Waals surface area (Å²) in [5, 5.41) is 8.94. The molecule has 0 N–H and O–H groups in total. The minimum absolute atomic E-state index is 0.0424. The van der Waals surface area contributed by atoms with Crippen molar-refractivity contribution in [1.82, 2.24) is 4.90 Å². The van der Waals surface area contributed by atoms with Gasteiger partial charge in [-0.15, -0.1) is 0 Å². The Morgan fingerprint density at radius 2 is 2.00 bits per heavy atom.